The molecule has 1 aliphatic carbocycles. The van der Waals surface area contributed by atoms with Crippen molar-refractivity contribution in [2.75, 3.05) is 13.1 Å². The fraction of sp³-hybridized carbons (Fsp3) is 0.391. The first-order valence-electron chi connectivity index (χ1n) is 10.2. The minimum Gasteiger partial charge on any atom is -0.342 e. The van der Waals surface area contributed by atoms with Crippen molar-refractivity contribution in [2.45, 2.75) is 43.9 Å². The molecule has 28 heavy (non-hydrogen) atoms. The molecule has 1 saturated carbocycles. The summed E-state index contributed by atoms with van der Waals surface area (Å²) >= 11 is 0. The van der Waals surface area contributed by atoms with E-state index in [0.717, 1.165) is 48.2 Å². The van der Waals surface area contributed by atoms with Gasteiger partial charge in [-0.25, -0.2) is 9.97 Å². The number of hydrogen-bond acceptors (Lipinski definition) is 4. The molecule has 5 nitrogen and oxygen atoms in total. The summed E-state index contributed by atoms with van der Waals surface area (Å²) in [6.07, 6.45) is 10.4. The van der Waals surface area contributed by atoms with Gasteiger partial charge in [-0.2, -0.15) is 0 Å². The minimum absolute atomic E-state index is 0.187. The van der Waals surface area contributed by atoms with Gasteiger partial charge < -0.3 is 4.90 Å². The van der Waals surface area contributed by atoms with Crippen LogP contribution < -0.4 is 0 Å². The van der Waals surface area contributed by atoms with Crippen LogP contribution in [-0.2, 0) is 11.2 Å². The third kappa shape index (κ3) is 3.61. The third-order valence-electron chi connectivity index (χ3n) is 5.98. The number of carbonyl (C=O) groups excluding carboxylic acids is 1. The highest BCUT2D eigenvalue weighted by atomic mass is 16.2. The van der Waals surface area contributed by atoms with Crippen LogP contribution in [0.5, 0.6) is 0 Å². The highest BCUT2D eigenvalue weighted by Gasteiger charge is 2.26. The Hall–Kier alpha value is -2.82. The van der Waals surface area contributed by atoms with Crippen LogP contribution in [0, 0.1) is 0 Å². The molecule has 1 amide bonds. The maximum atomic E-state index is 12.5. The zero-order valence-electron chi connectivity index (χ0n) is 15.9. The molecule has 2 aliphatic rings. The van der Waals surface area contributed by atoms with E-state index in [-0.39, 0.29) is 5.91 Å². The van der Waals surface area contributed by atoms with E-state index < -0.39 is 0 Å². The molecular formula is C23H24N4O. The van der Waals surface area contributed by atoms with Crippen LogP contribution in [0.3, 0.4) is 0 Å². The molecule has 0 unspecified atom stereocenters. The van der Waals surface area contributed by atoms with Crippen molar-refractivity contribution in [3.63, 3.8) is 0 Å². The van der Waals surface area contributed by atoms with Gasteiger partial charge in [0.2, 0.25) is 5.91 Å². The molecule has 2 fully saturated rings. The molecule has 4 heterocycles. The monoisotopic (exact) mass is 372 g/mol. The van der Waals surface area contributed by atoms with Crippen molar-refractivity contribution in [3.8, 4) is 0 Å². The van der Waals surface area contributed by atoms with Gasteiger partial charge in [0.25, 0.3) is 0 Å². The average molecular weight is 372 g/mol. The topological polar surface area (TPSA) is 59.0 Å². The van der Waals surface area contributed by atoms with E-state index in [1.54, 1.807) is 12.4 Å². The van der Waals surface area contributed by atoms with Gasteiger partial charge >= 0.3 is 0 Å². The Morgan fingerprint density at radius 1 is 1.04 bits per heavy atom. The predicted octanol–water partition coefficient (Wildman–Crippen LogP) is 3.85. The Kier molecular flexibility index (Phi) is 4.51. The maximum Gasteiger partial charge on any atom is 0.227 e. The second kappa shape index (κ2) is 7.30. The van der Waals surface area contributed by atoms with Gasteiger partial charge in [0.05, 0.1) is 6.42 Å². The normalized spacial score (nSPS) is 17.8. The van der Waals surface area contributed by atoms with Crippen LogP contribution in [0.1, 0.15) is 54.3 Å². The lowest BCUT2D eigenvalue weighted by Crippen LogP contribution is -2.38. The fourth-order valence-electron chi connectivity index (χ4n) is 4.12. The summed E-state index contributed by atoms with van der Waals surface area (Å²) in [6.45, 7) is 1.58. The van der Waals surface area contributed by atoms with Crippen LogP contribution in [-0.4, -0.2) is 38.8 Å². The number of amides is 1. The lowest BCUT2D eigenvalue weighted by atomic mass is 9.92. The number of pyridine rings is 3. The molecule has 1 saturated heterocycles. The maximum absolute atomic E-state index is 12.5. The molecule has 0 bridgehead atoms. The lowest BCUT2D eigenvalue weighted by Gasteiger charge is -2.32. The molecule has 5 heteroatoms. The Balaban J connectivity index is 1.23. The summed E-state index contributed by atoms with van der Waals surface area (Å²) in [4.78, 5) is 28.1. The van der Waals surface area contributed by atoms with Crippen LogP contribution >= 0.6 is 0 Å². The summed E-state index contributed by atoms with van der Waals surface area (Å²) in [5.74, 6) is 1.30. The zero-order valence-corrected chi connectivity index (χ0v) is 15.9. The van der Waals surface area contributed by atoms with Crippen molar-refractivity contribution >= 4 is 16.9 Å². The SMILES string of the molecule is O=C(Cc1cccnc1)N1CCC(c2ccc3cc(C4CC4)cnc3n2)CC1. The first kappa shape index (κ1) is 17.3. The number of fused-ring (bicyclic) bond motifs is 1. The molecule has 142 valence electrons. The third-order valence-corrected chi connectivity index (χ3v) is 5.98. The number of likely N-dealkylation sites (tertiary alicyclic amines) is 1. The highest BCUT2D eigenvalue weighted by Crippen LogP contribution is 2.40. The van der Waals surface area contributed by atoms with Gasteiger partial charge in [-0.3, -0.25) is 9.78 Å². The average Bonchev–Trinajstić information content (AvgIpc) is 3.59. The van der Waals surface area contributed by atoms with Crippen LogP contribution in [0.15, 0.2) is 48.9 Å². The van der Waals surface area contributed by atoms with E-state index in [1.807, 2.05) is 23.2 Å². The first-order chi connectivity index (χ1) is 13.8. The highest BCUT2D eigenvalue weighted by molar-refractivity contribution is 5.79. The quantitative estimate of drug-likeness (QED) is 0.698. The van der Waals surface area contributed by atoms with Gasteiger partial charge in [0.1, 0.15) is 0 Å². The Morgan fingerprint density at radius 2 is 1.89 bits per heavy atom. The number of piperidine rings is 1. The minimum atomic E-state index is 0.187. The second-order valence-corrected chi connectivity index (χ2v) is 8.02. The molecule has 3 aromatic heterocycles. The molecule has 0 N–H and O–H groups in total. The molecule has 0 atom stereocenters. The van der Waals surface area contributed by atoms with Crippen molar-refractivity contribution < 1.29 is 4.79 Å². The zero-order chi connectivity index (χ0) is 18.9. The number of rotatable bonds is 4. The summed E-state index contributed by atoms with van der Waals surface area (Å²) in [6, 6.07) is 10.4. The van der Waals surface area contributed by atoms with E-state index in [4.69, 9.17) is 4.98 Å². The molecule has 1 aliphatic heterocycles. The number of nitrogens with zero attached hydrogens (tertiary/aromatic N) is 4. The number of aromatic nitrogens is 3. The molecule has 0 radical (unpaired) electrons. The summed E-state index contributed by atoms with van der Waals surface area (Å²) < 4.78 is 0. The number of carbonyl (C=O) groups is 1. The largest absolute Gasteiger partial charge is 0.342 e. The van der Waals surface area contributed by atoms with Crippen LogP contribution in [0.2, 0.25) is 0 Å². The van der Waals surface area contributed by atoms with Crippen LogP contribution in [0.4, 0.5) is 0 Å². The van der Waals surface area contributed by atoms with Gasteiger partial charge in [-0.05, 0) is 67.0 Å². The van der Waals surface area contributed by atoms with Gasteiger partial charge in [0, 0.05) is 48.7 Å². The number of hydrogen-bond donors (Lipinski definition) is 0. The van der Waals surface area contributed by atoms with E-state index in [1.165, 1.54) is 18.4 Å². The standard InChI is InChI=1S/C23H24N4O/c28-22(12-16-2-1-9-24-14-16)27-10-7-18(8-11-27)21-6-5-19-13-20(17-3-4-17)15-25-23(19)26-21/h1-2,5-6,9,13-15,17-18H,3-4,7-8,10-12H2. The molecule has 3 aromatic rings. The fourth-order valence-corrected chi connectivity index (χ4v) is 4.12. The Morgan fingerprint density at radius 3 is 2.64 bits per heavy atom. The second-order valence-electron chi connectivity index (χ2n) is 8.02. The molecule has 0 spiro atoms. The van der Waals surface area contributed by atoms with E-state index in [9.17, 15) is 4.79 Å². The molecule has 5 rings (SSSR count). The smallest absolute Gasteiger partial charge is 0.227 e. The van der Waals surface area contributed by atoms with Crippen LogP contribution in [0.25, 0.3) is 11.0 Å². The van der Waals surface area contributed by atoms with Gasteiger partial charge in [0.15, 0.2) is 5.65 Å². The van der Waals surface area contributed by atoms with E-state index in [0.29, 0.717) is 18.3 Å². The summed E-state index contributed by atoms with van der Waals surface area (Å²) in [5, 5.41) is 1.14. The van der Waals surface area contributed by atoms with Gasteiger partial charge in [-0.1, -0.05) is 6.07 Å². The summed E-state index contributed by atoms with van der Waals surface area (Å²) in [7, 11) is 0. The van der Waals surface area contributed by atoms with Gasteiger partial charge in [-0.15, -0.1) is 0 Å². The summed E-state index contributed by atoms with van der Waals surface area (Å²) in [5.41, 5.74) is 4.28. The van der Waals surface area contributed by atoms with E-state index >= 15 is 0 Å². The molecular weight excluding hydrogens is 348 g/mol. The lowest BCUT2D eigenvalue weighted by molar-refractivity contribution is -0.131. The molecule has 0 aromatic carbocycles. The van der Waals surface area contributed by atoms with E-state index in [2.05, 4.69) is 28.2 Å². The predicted molar refractivity (Wildman–Crippen MR) is 108 cm³/mol. The first-order valence-corrected chi connectivity index (χ1v) is 10.2. The van der Waals surface area contributed by atoms with Crippen molar-refractivity contribution in [1.29, 1.82) is 0 Å². The van der Waals surface area contributed by atoms with Crippen molar-refractivity contribution in [1.82, 2.24) is 19.9 Å². The van der Waals surface area contributed by atoms with Crippen molar-refractivity contribution in [2.24, 2.45) is 0 Å². The Labute approximate surface area is 164 Å². The van der Waals surface area contributed by atoms with Crippen molar-refractivity contribution in [3.05, 3.63) is 65.7 Å². The Bertz CT molecular complexity index is 992.